The zero-order chi connectivity index (χ0) is 21.6. The number of piperidine rings is 1. The van der Waals surface area contributed by atoms with Crippen LogP contribution < -0.4 is 22.5 Å². The molecule has 3 heterocycles. The second kappa shape index (κ2) is 10.2. The van der Waals surface area contributed by atoms with Gasteiger partial charge in [0.25, 0.3) is 0 Å². The molecule has 0 aliphatic carbocycles. The molecule has 1 saturated heterocycles. The number of benzene rings is 1. The number of H-pyrrole nitrogens is 1. The molecular weight excluding hydrogens is 390 g/mol. The third kappa shape index (κ3) is 5.59. The Bertz CT molecular complexity index is 1040. The minimum atomic E-state index is -0.281. The summed E-state index contributed by atoms with van der Waals surface area (Å²) < 4.78 is 1.61. The molecule has 1 aliphatic heterocycles. The van der Waals surface area contributed by atoms with Gasteiger partial charge in [-0.25, -0.2) is 4.79 Å². The highest BCUT2D eigenvalue weighted by Gasteiger charge is 2.16. The number of aromatic nitrogens is 3. The maximum atomic E-state index is 12.6. The Hall–Kier alpha value is -2.52. The lowest BCUT2D eigenvalue weighted by molar-refractivity contribution is 0.211. The van der Waals surface area contributed by atoms with Crippen molar-refractivity contribution >= 4 is 11.0 Å². The fraction of sp³-hybridized carbons (Fsp3) is 0.478. The van der Waals surface area contributed by atoms with E-state index in [-0.39, 0.29) is 11.7 Å². The van der Waals surface area contributed by atoms with Gasteiger partial charge in [0.2, 0.25) is 0 Å². The number of hydrogen-bond acceptors (Lipinski definition) is 6. The van der Waals surface area contributed by atoms with Gasteiger partial charge in [-0.2, -0.15) is 4.98 Å². The van der Waals surface area contributed by atoms with E-state index < -0.39 is 0 Å². The molecule has 8 nitrogen and oxygen atoms in total. The normalized spacial score (nSPS) is 17.4. The first-order chi connectivity index (χ1) is 15.1. The van der Waals surface area contributed by atoms with Gasteiger partial charge >= 0.3 is 5.69 Å². The van der Waals surface area contributed by atoms with Crippen LogP contribution in [0.1, 0.15) is 30.5 Å². The molecule has 0 amide bonds. The molecular formula is C23H33N7O. The molecule has 8 heteroatoms. The van der Waals surface area contributed by atoms with Crippen LogP contribution in [0.15, 0.2) is 41.3 Å². The van der Waals surface area contributed by atoms with Gasteiger partial charge in [0.05, 0.1) is 5.69 Å². The Morgan fingerprint density at radius 3 is 2.87 bits per heavy atom. The smallest absolute Gasteiger partial charge is 0.343 e. The van der Waals surface area contributed by atoms with Gasteiger partial charge in [-0.1, -0.05) is 12.1 Å². The molecule has 1 fully saturated rings. The van der Waals surface area contributed by atoms with E-state index in [0.29, 0.717) is 12.2 Å². The first-order valence-corrected chi connectivity index (χ1v) is 11.2. The van der Waals surface area contributed by atoms with Crippen molar-refractivity contribution < 1.29 is 0 Å². The summed E-state index contributed by atoms with van der Waals surface area (Å²) in [6.45, 7) is 5.41. The number of nitrogens with zero attached hydrogens (tertiary/aromatic N) is 3. The molecule has 6 N–H and O–H groups in total. The van der Waals surface area contributed by atoms with Crippen molar-refractivity contribution in [1.82, 2.24) is 24.8 Å². The van der Waals surface area contributed by atoms with E-state index in [1.165, 1.54) is 5.56 Å². The molecule has 0 radical (unpaired) electrons. The number of hydrogen-bond donors (Lipinski definition) is 4. The molecule has 1 atom stereocenters. The van der Waals surface area contributed by atoms with E-state index in [9.17, 15) is 4.79 Å². The SMILES string of the molecule is NCCCNCc1ccc(-n2cc3cc(CCN4CCC[C@@H](N)C4)[nH]c3nc2=O)cc1. The molecule has 4 rings (SSSR count). The Labute approximate surface area is 182 Å². The van der Waals surface area contributed by atoms with Crippen LogP contribution >= 0.6 is 0 Å². The predicted molar refractivity (Wildman–Crippen MR) is 124 cm³/mol. The van der Waals surface area contributed by atoms with Crippen molar-refractivity contribution in [2.45, 2.75) is 38.3 Å². The van der Waals surface area contributed by atoms with E-state index in [1.54, 1.807) is 4.57 Å². The molecule has 166 valence electrons. The van der Waals surface area contributed by atoms with Gasteiger partial charge < -0.3 is 26.7 Å². The number of fused-ring (bicyclic) bond motifs is 1. The number of nitrogens with one attached hydrogen (secondary N) is 2. The van der Waals surface area contributed by atoms with Gasteiger partial charge in [-0.3, -0.25) is 4.57 Å². The van der Waals surface area contributed by atoms with Crippen molar-refractivity contribution in [2.24, 2.45) is 11.5 Å². The monoisotopic (exact) mass is 423 g/mol. The second-order valence-electron chi connectivity index (χ2n) is 8.43. The van der Waals surface area contributed by atoms with Gasteiger partial charge in [0.15, 0.2) is 0 Å². The Kier molecular flexibility index (Phi) is 7.14. The first kappa shape index (κ1) is 21.7. The molecule has 0 spiro atoms. The fourth-order valence-corrected chi connectivity index (χ4v) is 4.18. The highest BCUT2D eigenvalue weighted by Crippen LogP contribution is 2.16. The van der Waals surface area contributed by atoms with Crippen LogP contribution in [0.25, 0.3) is 16.7 Å². The van der Waals surface area contributed by atoms with Gasteiger partial charge in [0, 0.05) is 49.4 Å². The summed E-state index contributed by atoms with van der Waals surface area (Å²) in [7, 11) is 0. The third-order valence-corrected chi connectivity index (χ3v) is 5.90. The summed E-state index contributed by atoms with van der Waals surface area (Å²) in [5.74, 6) is 0. The molecule has 0 saturated carbocycles. The Morgan fingerprint density at radius 2 is 2.10 bits per heavy atom. The number of rotatable bonds is 9. The second-order valence-corrected chi connectivity index (χ2v) is 8.43. The summed E-state index contributed by atoms with van der Waals surface area (Å²) in [5.41, 5.74) is 15.0. The summed E-state index contributed by atoms with van der Waals surface area (Å²) >= 11 is 0. The van der Waals surface area contributed by atoms with Crippen LogP contribution in [0, 0.1) is 0 Å². The van der Waals surface area contributed by atoms with E-state index in [0.717, 1.165) is 75.2 Å². The van der Waals surface area contributed by atoms with Gasteiger partial charge in [-0.05, 0) is 62.7 Å². The summed E-state index contributed by atoms with van der Waals surface area (Å²) in [5, 5.41) is 4.30. The molecule has 1 aliphatic rings. The summed E-state index contributed by atoms with van der Waals surface area (Å²) in [6, 6.07) is 10.4. The largest absolute Gasteiger partial charge is 0.354 e. The van der Waals surface area contributed by atoms with Gasteiger partial charge in [-0.15, -0.1) is 0 Å². The van der Waals surface area contributed by atoms with Gasteiger partial charge in [0.1, 0.15) is 5.65 Å². The van der Waals surface area contributed by atoms with E-state index in [4.69, 9.17) is 11.5 Å². The fourth-order valence-electron chi connectivity index (χ4n) is 4.18. The number of nitrogens with two attached hydrogens (primary N) is 2. The quantitative estimate of drug-likeness (QED) is 0.383. The van der Waals surface area contributed by atoms with Crippen LogP contribution in [0.4, 0.5) is 0 Å². The maximum Gasteiger partial charge on any atom is 0.354 e. The average Bonchev–Trinajstić information content (AvgIpc) is 3.17. The van der Waals surface area contributed by atoms with Crippen molar-refractivity contribution in [3.8, 4) is 5.69 Å². The minimum absolute atomic E-state index is 0.281. The standard InChI is InChI=1S/C23H33N7O/c24-9-2-10-26-14-17-4-6-21(7-5-17)30-15-18-13-20(27-22(18)28-23(30)31)8-12-29-11-1-3-19(25)16-29/h4-7,13,15,19,26H,1-3,8-12,14,16,24-25H2,(H,27,28,31)/t19-/m1/s1. The highest BCUT2D eigenvalue weighted by molar-refractivity contribution is 5.75. The van der Waals surface area contributed by atoms with Crippen LogP contribution in [-0.2, 0) is 13.0 Å². The van der Waals surface area contributed by atoms with Crippen LogP contribution in [-0.4, -0.2) is 58.2 Å². The Balaban J connectivity index is 1.44. The van der Waals surface area contributed by atoms with Crippen LogP contribution in [0.5, 0.6) is 0 Å². The van der Waals surface area contributed by atoms with Crippen molar-refractivity contribution in [1.29, 1.82) is 0 Å². The lowest BCUT2D eigenvalue weighted by Gasteiger charge is -2.30. The third-order valence-electron chi connectivity index (χ3n) is 5.90. The lowest BCUT2D eigenvalue weighted by Crippen LogP contribution is -2.43. The lowest BCUT2D eigenvalue weighted by atomic mass is 10.1. The topological polar surface area (TPSA) is 118 Å². The van der Waals surface area contributed by atoms with Crippen molar-refractivity contribution in [2.75, 3.05) is 32.7 Å². The molecule has 31 heavy (non-hydrogen) atoms. The zero-order valence-electron chi connectivity index (χ0n) is 18.0. The van der Waals surface area contributed by atoms with E-state index in [2.05, 4.69) is 26.3 Å². The highest BCUT2D eigenvalue weighted by atomic mass is 16.1. The molecule has 3 aromatic rings. The molecule has 0 unspecified atom stereocenters. The average molecular weight is 424 g/mol. The minimum Gasteiger partial charge on any atom is -0.343 e. The Morgan fingerprint density at radius 1 is 1.26 bits per heavy atom. The summed E-state index contributed by atoms with van der Waals surface area (Å²) in [6.07, 6.45) is 6.00. The van der Waals surface area contributed by atoms with Crippen LogP contribution in [0.2, 0.25) is 0 Å². The van der Waals surface area contributed by atoms with Crippen molar-refractivity contribution in [3.05, 3.63) is 58.3 Å². The molecule has 1 aromatic carbocycles. The number of aromatic amines is 1. The first-order valence-electron chi connectivity index (χ1n) is 11.2. The van der Waals surface area contributed by atoms with Crippen molar-refractivity contribution in [3.63, 3.8) is 0 Å². The van der Waals surface area contributed by atoms with Crippen LogP contribution in [0.3, 0.4) is 0 Å². The number of likely N-dealkylation sites (tertiary alicyclic amines) is 1. The molecule has 2 aromatic heterocycles. The molecule has 0 bridgehead atoms. The van der Waals surface area contributed by atoms with E-state index >= 15 is 0 Å². The van der Waals surface area contributed by atoms with E-state index in [1.807, 2.05) is 30.5 Å². The maximum absolute atomic E-state index is 12.6. The zero-order valence-corrected chi connectivity index (χ0v) is 18.0. The summed E-state index contributed by atoms with van der Waals surface area (Å²) in [4.78, 5) is 22.6. The predicted octanol–water partition coefficient (Wildman–Crippen LogP) is 1.12.